The van der Waals surface area contributed by atoms with E-state index in [9.17, 15) is 0 Å². The van der Waals surface area contributed by atoms with Gasteiger partial charge in [0, 0.05) is 38.6 Å². The van der Waals surface area contributed by atoms with Crippen molar-refractivity contribution < 1.29 is 9.47 Å². The lowest BCUT2D eigenvalue weighted by Crippen LogP contribution is -2.44. The van der Waals surface area contributed by atoms with Crippen LogP contribution in [0.4, 0.5) is 0 Å². The van der Waals surface area contributed by atoms with Gasteiger partial charge in [-0.3, -0.25) is 9.88 Å². The topological polar surface area (TPSA) is 37.8 Å². The van der Waals surface area contributed by atoms with Crippen LogP contribution in [0.15, 0.2) is 24.5 Å². The molecule has 22 heavy (non-hydrogen) atoms. The normalized spacial score (nSPS) is 30.0. The molecule has 2 fully saturated rings. The predicted octanol–water partition coefficient (Wildman–Crippen LogP) is 1.25. The van der Waals surface area contributed by atoms with Gasteiger partial charge in [-0.25, -0.2) is 0 Å². The quantitative estimate of drug-likeness (QED) is 0.837. The van der Waals surface area contributed by atoms with Gasteiger partial charge in [0.25, 0.3) is 0 Å². The molecule has 0 saturated carbocycles. The van der Waals surface area contributed by atoms with E-state index in [4.69, 9.17) is 9.47 Å². The molecule has 0 radical (unpaired) electrons. The molecule has 5 nitrogen and oxygen atoms in total. The molecule has 122 valence electrons. The average molecular weight is 305 g/mol. The number of ether oxygens (including phenoxy) is 2. The Morgan fingerprint density at radius 3 is 2.95 bits per heavy atom. The smallest absolute Gasteiger partial charge is 0.104 e. The highest BCUT2D eigenvalue weighted by molar-refractivity contribution is 5.10. The summed E-state index contributed by atoms with van der Waals surface area (Å²) in [5, 5.41) is 0. The van der Waals surface area contributed by atoms with E-state index in [1.54, 1.807) is 0 Å². The Bertz CT molecular complexity index is 468. The molecule has 2 saturated heterocycles. The van der Waals surface area contributed by atoms with Gasteiger partial charge in [0.15, 0.2) is 0 Å². The van der Waals surface area contributed by atoms with Crippen molar-refractivity contribution in [2.45, 2.75) is 18.6 Å². The molecule has 0 aliphatic carbocycles. The molecular weight excluding hydrogens is 278 g/mol. The highest BCUT2D eigenvalue weighted by Crippen LogP contribution is 2.33. The van der Waals surface area contributed by atoms with Crippen molar-refractivity contribution >= 4 is 0 Å². The van der Waals surface area contributed by atoms with E-state index >= 15 is 0 Å². The third-order valence-electron chi connectivity index (χ3n) is 4.49. The zero-order valence-electron chi connectivity index (χ0n) is 13.7. The van der Waals surface area contributed by atoms with Crippen LogP contribution in [0.2, 0.25) is 0 Å². The summed E-state index contributed by atoms with van der Waals surface area (Å²) in [6.07, 6.45) is 4.81. The minimum Gasteiger partial charge on any atom is -0.377 e. The number of aromatic nitrogens is 1. The Balaban J connectivity index is 1.63. The zero-order chi connectivity index (χ0) is 15.4. The molecule has 0 N–H and O–H groups in total. The van der Waals surface area contributed by atoms with E-state index in [0.29, 0.717) is 5.92 Å². The number of nitrogens with zero attached hydrogens (tertiary/aromatic N) is 3. The van der Waals surface area contributed by atoms with E-state index in [0.717, 1.165) is 52.4 Å². The number of hydrogen-bond donors (Lipinski definition) is 0. The van der Waals surface area contributed by atoms with Gasteiger partial charge in [0.2, 0.25) is 0 Å². The monoisotopic (exact) mass is 305 g/mol. The highest BCUT2D eigenvalue weighted by Gasteiger charge is 2.43. The summed E-state index contributed by atoms with van der Waals surface area (Å²) in [7, 11) is 4.26. The minimum atomic E-state index is -0.121. The summed E-state index contributed by atoms with van der Waals surface area (Å²) in [6, 6.07) is 4.17. The maximum absolute atomic E-state index is 6.24. The van der Waals surface area contributed by atoms with Gasteiger partial charge in [-0.15, -0.1) is 0 Å². The van der Waals surface area contributed by atoms with Crippen LogP contribution in [0.1, 0.15) is 12.0 Å². The molecule has 0 aromatic carbocycles. The van der Waals surface area contributed by atoms with Gasteiger partial charge < -0.3 is 14.4 Å². The summed E-state index contributed by atoms with van der Waals surface area (Å²) in [4.78, 5) is 8.80. The minimum absolute atomic E-state index is 0.121. The number of rotatable bonds is 4. The Labute approximate surface area is 133 Å². The Morgan fingerprint density at radius 1 is 1.36 bits per heavy atom. The van der Waals surface area contributed by atoms with Crippen LogP contribution in [0.5, 0.6) is 0 Å². The lowest BCUT2D eigenvalue weighted by atomic mass is 9.94. The second-order valence-corrected chi connectivity index (χ2v) is 6.95. The summed E-state index contributed by atoms with van der Waals surface area (Å²) >= 11 is 0. The average Bonchev–Trinajstić information content (AvgIpc) is 2.75. The van der Waals surface area contributed by atoms with E-state index < -0.39 is 0 Å². The van der Waals surface area contributed by atoms with Crippen LogP contribution in [0.3, 0.4) is 0 Å². The second kappa shape index (κ2) is 7.04. The molecule has 5 heteroatoms. The van der Waals surface area contributed by atoms with Crippen molar-refractivity contribution in [3.8, 4) is 0 Å². The summed E-state index contributed by atoms with van der Waals surface area (Å²) in [5.41, 5.74) is 1.18. The van der Waals surface area contributed by atoms with Gasteiger partial charge in [-0.1, -0.05) is 0 Å². The summed E-state index contributed by atoms with van der Waals surface area (Å²) < 4.78 is 12.1. The van der Waals surface area contributed by atoms with Crippen LogP contribution in [-0.2, 0) is 16.0 Å². The fourth-order valence-corrected chi connectivity index (χ4v) is 3.65. The van der Waals surface area contributed by atoms with Crippen molar-refractivity contribution in [3.63, 3.8) is 0 Å². The van der Waals surface area contributed by atoms with Crippen molar-refractivity contribution in [1.29, 1.82) is 0 Å². The lowest BCUT2D eigenvalue weighted by Gasteiger charge is -2.31. The zero-order valence-corrected chi connectivity index (χ0v) is 13.7. The number of pyridine rings is 1. The molecule has 1 aromatic heterocycles. The molecule has 2 atom stereocenters. The highest BCUT2D eigenvalue weighted by atomic mass is 16.5. The van der Waals surface area contributed by atoms with Crippen molar-refractivity contribution in [2.24, 2.45) is 5.92 Å². The van der Waals surface area contributed by atoms with Gasteiger partial charge in [0.1, 0.15) is 5.60 Å². The Kier molecular flexibility index (Phi) is 5.08. The SMILES string of the molecule is CN(C)C[C@@H]1CO[C@@]2(COCCN(Cc3ccncc3)C2)C1. The molecular formula is C17H27N3O2. The molecule has 3 rings (SSSR count). The third-order valence-corrected chi connectivity index (χ3v) is 4.49. The first-order valence-corrected chi connectivity index (χ1v) is 8.13. The fourth-order valence-electron chi connectivity index (χ4n) is 3.65. The van der Waals surface area contributed by atoms with Gasteiger partial charge >= 0.3 is 0 Å². The van der Waals surface area contributed by atoms with E-state index in [1.165, 1.54) is 5.56 Å². The van der Waals surface area contributed by atoms with Gasteiger partial charge in [0.05, 0.1) is 19.8 Å². The molecule has 0 bridgehead atoms. The van der Waals surface area contributed by atoms with Crippen molar-refractivity contribution in [1.82, 2.24) is 14.8 Å². The standard InChI is InChI=1S/C17H27N3O2/c1-19(2)10-16-9-17(22-12-16)13-20(7-8-21-14-17)11-15-3-5-18-6-4-15/h3-6,16H,7-14H2,1-2H3/t16-,17+/m1/s1. The maximum atomic E-state index is 6.24. The van der Waals surface area contributed by atoms with E-state index in [1.807, 2.05) is 12.4 Å². The molecule has 1 spiro atoms. The summed E-state index contributed by atoms with van der Waals surface area (Å²) in [5.74, 6) is 0.611. The Morgan fingerprint density at radius 2 is 2.18 bits per heavy atom. The Hall–Kier alpha value is -1.01. The van der Waals surface area contributed by atoms with Crippen molar-refractivity contribution in [2.75, 3.05) is 53.6 Å². The third kappa shape index (κ3) is 4.04. The fraction of sp³-hybridized carbons (Fsp3) is 0.706. The van der Waals surface area contributed by atoms with Crippen LogP contribution < -0.4 is 0 Å². The predicted molar refractivity (Wildman–Crippen MR) is 85.7 cm³/mol. The molecule has 0 unspecified atom stereocenters. The molecule has 2 aliphatic heterocycles. The molecule has 3 heterocycles. The first kappa shape index (κ1) is 15.9. The number of hydrogen-bond acceptors (Lipinski definition) is 5. The second-order valence-electron chi connectivity index (χ2n) is 6.95. The lowest BCUT2D eigenvalue weighted by molar-refractivity contribution is -0.0563. The van der Waals surface area contributed by atoms with Gasteiger partial charge in [-0.2, -0.15) is 0 Å². The van der Waals surface area contributed by atoms with Crippen molar-refractivity contribution in [3.05, 3.63) is 30.1 Å². The van der Waals surface area contributed by atoms with E-state index in [2.05, 4.69) is 41.0 Å². The summed E-state index contributed by atoms with van der Waals surface area (Å²) in [6.45, 7) is 6.31. The van der Waals surface area contributed by atoms with Crippen LogP contribution >= 0.6 is 0 Å². The molecule has 0 amide bonds. The maximum Gasteiger partial charge on any atom is 0.104 e. The van der Waals surface area contributed by atoms with Crippen LogP contribution in [0.25, 0.3) is 0 Å². The first-order valence-electron chi connectivity index (χ1n) is 8.13. The van der Waals surface area contributed by atoms with Gasteiger partial charge in [-0.05, 0) is 44.1 Å². The van der Waals surface area contributed by atoms with Crippen LogP contribution in [0, 0.1) is 5.92 Å². The first-order chi connectivity index (χ1) is 10.7. The van der Waals surface area contributed by atoms with E-state index in [-0.39, 0.29) is 5.60 Å². The molecule has 1 aromatic rings. The largest absolute Gasteiger partial charge is 0.377 e. The van der Waals surface area contributed by atoms with Crippen LogP contribution in [-0.4, -0.2) is 73.9 Å². The molecule has 2 aliphatic rings.